The molecule has 124 valence electrons. The summed E-state index contributed by atoms with van der Waals surface area (Å²) in [7, 11) is 0.451. The molecule has 3 rings (SSSR count). The molecule has 1 atom stereocenters. The number of pyridine rings is 1. The summed E-state index contributed by atoms with van der Waals surface area (Å²) in [5.41, 5.74) is 2.68. The Morgan fingerprint density at radius 3 is 2.65 bits per heavy atom. The van der Waals surface area contributed by atoms with Crippen LogP contribution < -0.4 is 0 Å². The van der Waals surface area contributed by atoms with Crippen molar-refractivity contribution in [2.45, 2.75) is 26.3 Å². The van der Waals surface area contributed by atoms with E-state index in [2.05, 4.69) is 10.1 Å². The van der Waals surface area contributed by atoms with Gasteiger partial charge in [-0.25, -0.2) is 13.4 Å². The van der Waals surface area contributed by atoms with Crippen LogP contribution in [0.25, 0.3) is 11.0 Å². The third kappa shape index (κ3) is 2.71. The van der Waals surface area contributed by atoms with Crippen molar-refractivity contribution in [3.8, 4) is 0 Å². The number of hydrogen-bond donors (Lipinski definition) is 0. The van der Waals surface area contributed by atoms with Gasteiger partial charge < -0.3 is 4.90 Å². The van der Waals surface area contributed by atoms with Crippen LogP contribution in [0.4, 0.5) is 0 Å². The van der Waals surface area contributed by atoms with Gasteiger partial charge in [-0.1, -0.05) is 0 Å². The average molecular weight is 336 g/mol. The van der Waals surface area contributed by atoms with E-state index in [0.29, 0.717) is 17.7 Å². The third-order valence-corrected chi connectivity index (χ3v) is 6.25. The maximum atomic E-state index is 12.8. The Labute approximate surface area is 135 Å². The smallest absolute Gasteiger partial charge is 0.255 e. The molecular weight excluding hydrogens is 316 g/mol. The van der Waals surface area contributed by atoms with Crippen LogP contribution in [-0.4, -0.2) is 58.6 Å². The monoisotopic (exact) mass is 336 g/mol. The minimum atomic E-state index is -3.03. The standard InChI is InChI=1S/C15H20N4O3S/c1-9-13(7-12-10(2)17-19(4)14(12)16-9)15(20)18(3)11-5-6-23(21,22)8-11/h7,11H,5-6,8H2,1-4H3/t11-/m0/s1. The first-order valence-corrected chi connectivity index (χ1v) is 9.30. The topological polar surface area (TPSA) is 85.2 Å². The minimum absolute atomic E-state index is 0.0376. The second-order valence-corrected chi connectivity index (χ2v) is 8.40. The quantitative estimate of drug-likeness (QED) is 0.811. The molecule has 1 amide bonds. The van der Waals surface area contributed by atoms with E-state index in [0.717, 1.165) is 16.7 Å². The molecule has 8 heteroatoms. The molecule has 23 heavy (non-hydrogen) atoms. The molecule has 2 aromatic heterocycles. The fraction of sp³-hybridized carbons (Fsp3) is 0.533. The molecule has 0 spiro atoms. The molecule has 1 fully saturated rings. The van der Waals surface area contributed by atoms with Crippen molar-refractivity contribution < 1.29 is 13.2 Å². The molecule has 2 aromatic rings. The first-order valence-electron chi connectivity index (χ1n) is 7.48. The molecule has 0 bridgehead atoms. The predicted octanol–water partition coefficient (Wildman–Crippen LogP) is 0.844. The van der Waals surface area contributed by atoms with E-state index in [1.54, 1.807) is 18.7 Å². The highest BCUT2D eigenvalue weighted by atomic mass is 32.2. The van der Waals surface area contributed by atoms with Crippen LogP contribution in [0.5, 0.6) is 0 Å². The van der Waals surface area contributed by atoms with Gasteiger partial charge in [0.2, 0.25) is 0 Å². The van der Waals surface area contributed by atoms with Crippen LogP contribution in [-0.2, 0) is 16.9 Å². The van der Waals surface area contributed by atoms with Crippen LogP contribution >= 0.6 is 0 Å². The molecule has 1 aliphatic heterocycles. The van der Waals surface area contributed by atoms with Crippen molar-refractivity contribution in [2.75, 3.05) is 18.6 Å². The lowest BCUT2D eigenvalue weighted by Crippen LogP contribution is -2.38. The molecule has 3 heterocycles. The Kier molecular flexibility index (Phi) is 3.66. The SMILES string of the molecule is Cc1nc2c(cc1C(=O)N(C)[C@H]1CCS(=O)(=O)C1)c(C)nn2C. The van der Waals surface area contributed by atoms with Crippen molar-refractivity contribution in [3.63, 3.8) is 0 Å². The van der Waals surface area contributed by atoms with Crippen molar-refractivity contribution >= 4 is 26.8 Å². The summed E-state index contributed by atoms with van der Waals surface area (Å²) in [6.45, 7) is 3.66. The van der Waals surface area contributed by atoms with E-state index in [9.17, 15) is 13.2 Å². The number of fused-ring (bicyclic) bond motifs is 1. The second kappa shape index (κ2) is 5.30. The molecule has 1 aliphatic rings. The van der Waals surface area contributed by atoms with Gasteiger partial charge in [-0.3, -0.25) is 9.48 Å². The zero-order chi connectivity index (χ0) is 16.9. The molecule has 0 unspecified atom stereocenters. The van der Waals surface area contributed by atoms with Crippen LogP contribution in [0.15, 0.2) is 6.07 Å². The first kappa shape index (κ1) is 15.9. The van der Waals surface area contributed by atoms with Gasteiger partial charge in [0.25, 0.3) is 5.91 Å². The van der Waals surface area contributed by atoms with E-state index >= 15 is 0 Å². The lowest BCUT2D eigenvalue weighted by Gasteiger charge is -2.24. The summed E-state index contributed by atoms with van der Waals surface area (Å²) >= 11 is 0. The summed E-state index contributed by atoms with van der Waals surface area (Å²) in [5.74, 6) is -0.00868. The van der Waals surface area contributed by atoms with E-state index in [-0.39, 0.29) is 23.5 Å². The molecule has 0 aliphatic carbocycles. The van der Waals surface area contributed by atoms with Gasteiger partial charge in [-0.05, 0) is 26.3 Å². The number of aryl methyl sites for hydroxylation is 3. The summed E-state index contributed by atoms with van der Waals surface area (Å²) < 4.78 is 25.0. The van der Waals surface area contributed by atoms with E-state index in [4.69, 9.17) is 0 Å². The third-order valence-electron chi connectivity index (χ3n) is 4.50. The number of rotatable bonds is 2. The van der Waals surface area contributed by atoms with Gasteiger partial charge in [0.1, 0.15) is 0 Å². The zero-order valence-electron chi connectivity index (χ0n) is 13.7. The van der Waals surface area contributed by atoms with Gasteiger partial charge in [-0.15, -0.1) is 0 Å². The van der Waals surface area contributed by atoms with Crippen LogP contribution in [0.1, 0.15) is 28.2 Å². The van der Waals surface area contributed by atoms with Crippen molar-refractivity contribution in [3.05, 3.63) is 23.0 Å². The van der Waals surface area contributed by atoms with E-state index in [1.807, 2.05) is 20.0 Å². The van der Waals surface area contributed by atoms with Crippen LogP contribution in [0.2, 0.25) is 0 Å². The number of aromatic nitrogens is 3. The Bertz CT molecular complexity index is 901. The van der Waals surface area contributed by atoms with Gasteiger partial charge >= 0.3 is 0 Å². The summed E-state index contributed by atoms with van der Waals surface area (Å²) in [6, 6.07) is 1.54. The van der Waals surface area contributed by atoms with Gasteiger partial charge in [-0.2, -0.15) is 5.10 Å². The Morgan fingerprint density at radius 1 is 1.35 bits per heavy atom. The molecule has 0 saturated carbocycles. The lowest BCUT2D eigenvalue weighted by molar-refractivity contribution is 0.0746. The number of hydrogen-bond acceptors (Lipinski definition) is 5. The van der Waals surface area contributed by atoms with E-state index < -0.39 is 9.84 Å². The fourth-order valence-electron chi connectivity index (χ4n) is 3.08. The molecule has 1 saturated heterocycles. The normalized spacial score (nSPS) is 20.1. The van der Waals surface area contributed by atoms with Crippen molar-refractivity contribution in [1.29, 1.82) is 0 Å². The van der Waals surface area contributed by atoms with Gasteiger partial charge in [0.05, 0.1) is 28.5 Å². The summed E-state index contributed by atoms with van der Waals surface area (Å²) in [5, 5.41) is 5.16. The Morgan fingerprint density at radius 2 is 2.04 bits per heavy atom. The predicted molar refractivity (Wildman–Crippen MR) is 87.1 cm³/mol. The Hall–Kier alpha value is -1.96. The minimum Gasteiger partial charge on any atom is -0.338 e. The van der Waals surface area contributed by atoms with Gasteiger partial charge in [0, 0.05) is 25.5 Å². The average Bonchev–Trinajstić information content (AvgIpc) is 2.97. The highest BCUT2D eigenvalue weighted by molar-refractivity contribution is 7.91. The maximum Gasteiger partial charge on any atom is 0.255 e. The highest BCUT2D eigenvalue weighted by Gasteiger charge is 2.33. The number of carbonyl (C=O) groups excluding carboxylic acids is 1. The molecule has 0 radical (unpaired) electrons. The largest absolute Gasteiger partial charge is 0.338 e. The van der Waals surface area contributed by atoms with Crippen LogP contribution in [0.3, 0.4) is 0 Å². The Balaban J connectivity index is 1.97. The lowest BCUT2D eigenvalue weighted by atomic mass is 10.1. The number of nitrogens with zero attached hydrogens (tertiary/aromatic N) is 4. The maximum absolute atomic E-state index is 12.8. The van der Waals surface area contributed by atoms with Crippen molar-refractivity contribution in [1.82, 2.24) is 19.7 Å². The molecule has 0 aromatic carbocycles. The number of carbonyl (C=O) groups is 1. The van der Waals surface area contributed by atoms with Crippen LogP contribution in [0, 0.1) is 13.8 Å². The van der Waals surface area contributed by atoms with Gasteiger partial charge in [0.15, 0.2) is 15.5 Å². The first-order chi connectivity index (χ1) is 10.7. The summed E-state index contributed by atoms with van der Waals surface area (Å²) in [4.78, 5) is 18.8. The highest BCUT2D eigenvalue weighted by Crippen LogP contribution is 2.23. The number of sulfone groups is 1. The van der Waals surface area contributed by atoms with E-state index in [1.165, 1.54) is 4.90 Å². The second-order valence-electron chi connectivity index (χ2n) is 6.17. The molecular formula is C15H20N4O3S. The number of amides is 1. The summed E-state index contributed by atoms with van der Waals surface area (Å²) in [6.07, 6.45) is 0.491. The fourth-order valence-corrected chi connectivity index (χ4v) is 4.86. The molecule has 7 nitrogen and oxygen atoms in total. The molecule has 0 N–H and O–H groups in total. The zero-order valence-corrected chi connectivity index (χ0v) is 14.5. The van der Waals surface area contributed by atoms with Crippen molar-refractivity contribution in [2.24, 2.45) is 7.05 Å².